The Balaban J connectivity index is 2.65. The predicted octanol–water partition coefficient (Wildman–Crippen LogP) is 2.63. The first-order valence-electron chi connectivity index (χ1n) is 6.91. The molecule has 1 saturated carbocycles. The SMILES string of the molecule is COC(=O)[C@H]1CCCCC[C@H]1NC(=O)OC(C)(C)C. The fourth-order valence-corrected chi connectivity index (χ4v) is 2.37. The Kier molecular flexibility index (Phi) is 5.63. The van der Waals surface area contributed by atoms with Gasteiger partial charge in [-0.15, -0.1) is 0 Å². The molecule has 2 atom stereocenters. The second-order valence-electron chi connectivity index (χ2n) is 6.02. The van der Waals surface area contributed by atoms with Gasteiger partial charge < -0.3 is 14.8 Å². The predicted molar refractivity (Wildman–Crippen MR) is 71.7 cm³/mol. The minimum atomic E-state index is -0.532. The third-order valence-electron chi connectivity index (χ3n) is 3.22. The summed E-state index contributed by atoms with van der Waals surface area (Å²) < 4.78 is 10.1. The summed E-state index contributed by atoms with van der Waals surface area (Å²) in [6.45, 7) is 5.45. The third kappa shape index (κ3) is 5.49. The van der Waals surface area contributed by atoms with Gasteiger partial charge in [0.05, 0.1) is 13.0 Å². The van der Waals surface area contributed by atoms with Crippen LogP contribution >= 0.6 is 0 Å². The highest BCUT2D eigenvalue weighted by molar-refractivity contribution is 5.75. The number of hydrogen-bond donors (Lipinski definition) is 1. The van der Waals surface area contributed by atoms with Gasteiger partial charge in [0.1, 0.15) is 5.60 Å². The lowest BCUT2D eigenvalue weighted by Crippen LogP contribution is -2.45. The van der Waals surface area contributed by atoms with E-state index >= 15 is 0 Å². The molecule has 0 radical (unpaired) electrons. The highest BCUT2D eigenvalue weighted by Gasteiger charge is 2.32. The van der Waals surface area contributed by atoms with E-state index in [2.05, 4.69) is 5.32 Å². The number of ether oxygens (including phenoxy) is 2. The highest BCUT2D eigenvalue weighted by Crippen LogP contribution is 2.25. The molecule has 1 N–H and O–H groups in total. The standard InChI is InChI=1S/C14H25NO4/c1-14(2,3)19-13(17)15-11-9-7-5-6-8-10(11)12(16)18-4/h10-11H,5-9H2,1-4H3,(H,15,17)/t10-,11+/m0/s1. The number of hydrogen-bond acceptors (Lipinski definition) is 4. The van der Waals surface area contributed by atoms with Gasteiger partial charge in [-0.3, -0.25) is 4.79 Å². The molecule has 5 nitrogen and oxygen atoms in total. The first-order chi connectivity index (χ1) is 8.83. The summed E-state index contributed by atoms with van der Waals surface area (Å²) >= 11 is 0. The van der Waals surface area contributed by atoms with E-state index in [0.29, 0.717) is 0 Å². The number of amides is 1. The Hall–Kier alpha value is -1.26. The number of esters is 1. The topological polar surface area (TPSA) is 64.6 Å². The van der Waals surface area contributed by atoms with Crippen molar-refractivity contribution in [1.29, 1.82) is 0 Å². The molecule has 1 fully saturated rings. The monoisotopic (exact) mass is 271 g/mol. The van der Waals surface area contributed by atoms with Crippen LogP contribution in [0, 0.1) is 5.92 Å². The molecular formula is C14H25NO4. The van der Waals surface area contributed by atoms with Crippen molar-refractivity contribution in [2.45, 2.75) is 64.5 Å². The van der Waals surface area contributed by atoms with Crippen LogP contribution in [0.4, 0.5) is 4.79 Å². The molecule has 0 spiro atoms. The van der Waals surface area contributed by atoms with Gasteiger partial charge in [0.15, 0.2) is 0 Å². The summed E-state index contributed by atoms with van der Waals surface area (Å²) in [4.78, 5) is 23.6. The maximum atomic E-state index is 11.8. The molecule has 1 amide bonds. The molecule has 0 aromatic carbocycles. The summed E-state index contributed by atoms with van der Waals surface area (Å²) in [5.41, 5.74) is -0.532. The Morgan fingerprint density at radius 3 is 2.32 bits per heavy atom. The third-order valence-corrected chi connectivity index (χ3v) is 3.22. The normalized spacial score (nSPS) is 24.2. The minimum absolute atomic E-state index is 0.190. The Morgan fingerprint density at radius 1 is 1.11 bits per heavy atom. The molecule has 0 bridgehead atoms. The van der Waals surface area contributed by atoms with Gasteiger partial charge in [-0.05, 0) is 33.6 Å². The van der Waals surface area contributed by atoms with Crippen molar-refractivity contribution in [3.63, 3.8) is 0 Å². The van der Waals surface area contributed by atoms with E-state index in [4.69, 9.17) is 9.47 Å². The van der Waals surface area contributed by atoms with Crippen molar-refractivity contribution in [2.75, 3.05) is 7.11 Å². The van der Waals surface area contributed by atoms with Crippen molar-refractivity contribution in [3.8, 4) is 0 Å². The average molecular weight is 271 g/mol. The fourth-order valence-electron chi connectivity index (χ4n) is 2.37. The first-order valence-corrected chi connectivity index (χ1v) is 6.91. The molecule has 1 aliphatic carbocycles. The molecule has 1 rings (SSSR count). The van der Waals surface area contributed by atoms with Gasteiger partial charge in [-0.2, -0.15) is 0 Å². The first kappa shape index (κ1) is 15.8. The summed E-state index contributed by atoms with van der Waals surface area (Å²) in [5, 5.41) is 2.82. The van der Waals surface area contributed by atoms with E-state index in [-0.39, 0.29) is 17.9 Å². The van der Waals surface area contributed by atoms with Crippen molar-refractivity contribution < 1.29 is 19.1 Å². The number of rotatable bonds is 2. The molecule has 110 valence electrons. The van der Waals surface area contributed by atoms with Crippen molar-refractivity contribution in [2.24, 2.45) is 5.92 Å². The molecule has 5 heteroatoms. The summed E-state index contributed by atoms with van der Waals surface area (Å²) in [7, 11) is 1.39. The fraction of sp³-hybridized carbons (Fsp3) is 0.857. The maximum absolute atomic E-state index is 11.8. The molecule has 0 heterocycles. The minimum Gasteiger partial charge on any atom is -0.469 e. The van der Waals surface area contributed by atoms with Gasteiger partial charge in [0.25, 0.3) is 0 Å². The zero-order chi connectivity index (χ0) is 14.5. The Morgan fingerprint density at radius 2 is 1.74 bits per heavy atom. The van der Waals surface area contributed by atoms with Gasteiger partial charge in [-0.1, -0.05) is 19.3 Å². The summed E-state index contributed by atoms with van der Waals surface area (Å²) in [5.74, 6) is -0.511. The van der Waals surface area contributed by atoms with Crippen LogP contribution in [-0.4, -0.2) is 30.8 Å². The van der Waals surface area contributed by atoms with Crippen LogP contribution in [-0.2, 0) is 14.3 Å². The maximum Gasteiger partial charge on any atom is 0.407 e. The second-order valence-corrected chi connectivity index (χ2v) is 6.02. The number of methoxy groups -OCH3 is 1. The number of carbonyl (C=O) groups excluding carboxylic acids is 2. The van der Waals surface area contributed by atoms with Gasteiger partial charge in [-0.25, -0.2) is 4.79 Å². The number of nitrogens with one attached hydrogen (secondary N) is 1. The molecule has 0 aliphatic heterocycles. The van der Waals surface area contributed by atoms with Crippen LogP contribution < -0.4 is 5.32 Å². The van der Waals surface area contributed by atoms with Crippen LogP contribution in [0.5, 0.6) is 0 Å². The van der Waals surface area contributed by atoms with E-state index in [0.717, 1.165) is 32.1 Å². The van der Waals surface area contributed by atoms with Crippen LogP contribution in [0.25, 0.3) is 0 Å². The quantitative estimate of drug-likeness (QED) is 0.619. The average Bonchev–Trinajstić information content (AvgIpc) is 2.51. The van der Waals surface area contributed by atoms with Crippen molar-refractivity contribution in [3.05, 3.63) is 0 Å². The molecule has 19 heavy (non-hydrogen) atoms. The van der Waals surface area contributed by atoms with E-state index < -0.39 is 11.7 Å². The van der Waals surface area contributed by atoms with Crippen LogP contribution in [0.15, 0.2) is 0 Å². The zero-order valence-electron chi connectivity index (χ0n) is 12.3. The molecule has 0 unspecified atom stereocenters. The Labute approximate surface area is 115 Å². The lowest BCUT2D eigenvalue weighted by molar-refractivity contribution is -0.146. The van der Waals surface area contributed by atoms with Crippen LogP contribution in [0.2, 0.25) is 0 Å². The zero-order valence-corrected chi connectivity index (χ0v) is 12.3. The van der Waals surface area contributed by atoms with Crippen molar-refractivity contribution >= 4 is 12.1 Å². The Bertz CT molecular complexity index is 322. The highest BCUT2D eigenvalue weighted by atomic mass is 16.6. The summed E-state index contributed by atoms with van der Waals surface area (Å²) in [6.07, 6.45) is 4.17. The molecule has 0 aromatic rings. The van der Waals surface area contributed by atoms with Crippen LogP contribution in [0.3, 0.4) is 0 Å². The van der Waals surface area contributed by atoms with E-state index in [1.54, 1.807) is 0 Å². The molecule has 0 saturated heterocycles. The number of carbonyl (C=O) groups is 2. The summed E-state index contributed by atoms with van der Waals surface area (Å²) in [6, 6.07) is -0.190. The smallest absolute Gasteiger partial charge is 0.407 e. The molecular weight excluding hydrogens is 246 g/mol. The molecule has 1 aliphatic rings. The van der Waals surface area contributed by atoms with Crippen molar-refractivity contribution in [1.82, 2.24) is 5.32 Å². The van der Waals surface area contributed by atoms with E-state index in [1.165, 1.54) is 7.11 Å². The van der Waals surface area contributed by atoms with E-state index in [9.17, 15) is 9.59 Å². The van der Waals surface area contributed by atoms with Gasteiger partial charge in [0.2, 0.25) is 0 Å². The van der Waals surface area contributed by atoms with Crippen LogP contribution in [0.1, 0.15) is 52.9 Å². The lowest BCUT2D eigenvalue weighted by atomic mass is 9.95. The molecule has 0 aromatic heterocycles. The largest absolute Gasteiger partial charge is 0.469 e. The second kappa shape index (κ2) is 6.78. The van der Waals surface area contributed by atoms with E-state index in [1.807, 2.05) is 20.8 Å². The number of alkyl carbamates (subject to hydrolysis) is 1. The lowest BCUT2D eigenvalue weighted by Gasteiger charge is -2.26. The van der Waals surface area contributed by atoms with Gasteiger partial charge >= 0.3 is 12.1 Å². The van der Waals surface area contributed by atoms with Gasteiger partial charge in [0, 0.05) is 6.04 Å².